The predicted octanol–water partition coefficient (Wildman–Crippen LogP) is -0.0225. The maximum absolute atomic E-state index is 11.6. The molecule has 3 aliphatic rings. The van der Waals surface area contributed by atoms with E-state index < -0.39 is 12.0 Å². The summed E-state index contributed by atoms with van der Waals surface area (Å²) >= 11 is 1.58. The van der Waals surface area contributed by atoms with E-state index in [1.165, 1.54) is 4.90 Å². The highest BCUT2D eigenvalue weighted by Crippen LogP contribution is 2.47. The highest BCUT2D eigenvalue weighted by Gasteiger charge is 2.53. The van der Waals surface area contributed by atoms with Gasteiger partial charge in [-0.2, -0.15) is 0 Å². The number of nitrogens with zero attached hydrogens (tertiary/aromatic N) is 1. The second kappa shape index (κ2) is 3.24. The van der Waals surface area contributed by atoms with E-state index in [1.54, 1.807) is 11.8 Å². The lowest BCUT2D eigenvalue weighted by molar-refractivity contribution is -0.148. The number of carboxylic acids is 1. The van der Waals surface area contributed by atoms with Crippen molar-refractivity contribution in [2.75, 3.05) is 5.75 Å². The molecule has 2 fully saturated rings. The molecule has 0 spiro atoms. The summed E-state index contributed by atoms with van der Waals surface area (Å²) in [5, 5.41) is 9.04. The van der Waals surface area contributed by atoms with E-state index in [2.05, 4.69) is 0 Å². The lowest BCUT2D eigenvalue weighted by Gasteiger charge is -2.48. The Hall–Kier alpha value is -1.01. The van der Waals surface area contributed by atoms with Gasteiger partial charge >= 0.3 is 5.97 Å². The first-order valence-electron chi connectivity index (χ1n) is 5.28. The van der Waals surface area contributed by atoms with Crippen molar-refractivity contribution in [1.82, 2.24) is 4.90 Å². The summed E-state index contributed by atoms with van der Waals surface area (Å²) in [5.74, 6) is -0.168. The number of carbonyl (C=O) groups excluding carboxylic acids is 1. The Balaban J connectivity index is 2.00. The number of β-lactam (4-membered cyclic amide) rings is 1. The van der Waals surface area contributed by atoms with Crippen LogP contribution in [0.25, 0.3) is 0 Å². The van der Waals surface area contributed by atoms with Crippen molar-refractivity contribution < 1.29 is 14.7 Å². The van der Waals surface area contributed by atoms with Gasteiger partial charge in [-0.3, -0.25) is 9.69 Å². The molecule has 1 amide bonds. The molecule has 0 aromatic heterocycles. The summed E-state index contributed by atoms with van der Waals surface area (Å²) in [5.41, 5.74) is 6.78. The van der Waals surface area contributed by atoms with E-state index in [-0.39, 0.29) is 17.0 Å². The second-order valence-electron chi connectivity index (χ2n) is 4.39. The van der Waals surface area contributed by atoms with Gasteiger partial charge in [0.25, 0.3) is 0 Å². The molecule has 2 aliphatic heterocycles. The van der Waals surface area contributed by atoms with E-state index in [0.29, 0.717) is 11.7 Å². The molecule has 86 valence electrons. The molecular weight excluding hydrogens is 228 g/mol. The zero-order chi connectivity index (χ0) is 11.4. The Morgan fingerprint density at radius 2 is 2.19 bits per heavy atom. The van der Waals surface area contributed by atoms with Crippen molar-refractivity contribution in [3.8, 4) is 0 Å². The van der Waals surface area contributed by atoms with Gasteiger partial charge in [0, 0.05) is 5.75 Å². The molecule has 1 saturated carbocycles. The molecule has 0 bridgehead atoms. The Morgan fingerprint density at radius 3 is 2.75 bits per heavy atom. The molecule has 5 nitrogen and oxygen atoms in total. The van der Waals surface area contributed by atoms with Crippen molar-refractivity contribution >= 4 is 23.6 Å². The standard InChI is InChI=1S/C10H12N2O3S/c11-6-8(13)12-7(10(14)15)5(4-1-2-4)3-16-9(6)12/h4,6,9H,1-3,11H2,(H,14,15)/t6-,9-/m1/s1. The van der Waals surface area contributed by atoms with Crippen LogP contribution in [0.2, 0.25) is 0 Å². The fourth-order valence-corrected chi connectivity index (χ4v) is 3.69. The van der Waals surface area contributed by atoms with Crippen molar-refractivity contribution in [2.24, 2.45) is 11.7 Å². The van der Waals surface area contributed by atoms with E-state index >= 15 is 0 Å². The van der Waals surface area contributed by atoms with Gasteiger partial charge < -0.3 is 10.8 Å². The number of hydrogen-bond donors (Lipinski definition) is 2. The number of aliphatic carboxylic acids is 1. The average Bonchev–Trinajstić information content (AvgIpc) is 3.09. The van der Waals surface area contributed by atoms with Gasteiger partial charge in [-0.1, -0.05) is 0 Å². The lowest BCUT2D eigenvalue weighted by Crippen LogP contribution is -2.68. The molecule has 3 rings (SSSR count). The number of fused-ring (bicyclic) bond motifs is 1. The van der Waals surface area contributed by atoms with Crippen LogP contribution in [-0.4, -0.2) is 39.1 Å². The number of amides is 1. The first-order chi connectivity index (χ1) is 7.61. The summed E-state index contributed by atoms with van der Waals surface area (Å²) in [6.45, 7) is 0. The molecule has 0 aromatic carbocycles. The molecule has 1 aliphatic carbocycles. The minimum absolute atomic E-state index is 0.166. The Kier molecular flexibility index (Phi) is 2.06. The smallest absolute Gasteiger partial charge is 0.352 e. The number of thioether (sulfide) groups is 1. The fraction of sp³-hybridized carbons (Fsp3) is 0.600. The van der Waals surface area contributed by atoms with Crippen molar-refractivity contribution in [3.63, 3.8) is 0 Å². The van der Waals surface area contributed by atoms with Gasteiger partial charge in [0.1, 0.15) is 17.1 Å². The monoisotopic (exact) mass is 240 g/mol. The summed E-state index contributed by atoms with van der Waals surface area (Å²) in [6, 6.07) is -0.528. The van der Waals surface area contributed by atoms with Gasteiger partial charge in [0.05, 0.1) is 0 Å². The Bertz CT molecular complexity index is 416. The van der Waals surface area contributed by atoms with Crippen LogP contribution in [0.3, 0.4) is 0 Å². The summed E-state index contributed by atoms with van der Waals surface area (Å²) in [6.07, 6.45) is 2.09. The van der Waals surface area contributed by atoms with Crippen molar-refractivity contribution in [3.05, 3.63) is 11.3 Å². The van der Waals surface area contributed by atoms with Crippen LogP contribution in [0.5, 0.6) is 0 Å². The van der Waals surface area contributed by atoms with Crippen LogP contribution in [0.1, 0.15) is 12.8 Å². The minimum atomic E-state index is -0.993. The first kappa shape index (κ1) is 10.2. The quantitative estimate of drug-likeness (QED) is 0.663. The normalized spacial score (nSPS) is 33.6. The molecule has 1 saturated heterocycles. The molecule has 0 aromatic rings. The van der Waals surface area contributed by atoms with Gasteiger partial charge in [-0.05, 0) is 24.3 Å². The van der Waals surface area contributed by atoms with Crippen LogP contribution < -0.4 is 5.73 Å². The first-order valence-corrected chi connectivity index (χ1v) is 6.32. The summed E-state index contributed by atoms with van der Waals surface area (Å²) in [4.78, 5) is 24.2. The topological polar surface area (TPSA) is 83.6 Å². The number of carbonyl (C=O) groups is 2. The maximum Gasteiger partial charge on any atom is 0.352 e. The lowest BCUT2D eigenvalue weighted by atomic mass is 10.0. The zero-order valence-electron chi connectivity index (χ0n) is 8.55. The minimum Gasteiger partial charge on any atom is -0.477 e. The zero-order valence-corrected chi connectivity index (χ0v) is 9.37. The SMILES string of the molecule is N[C@@H]1C(=O)N2C(C(=O)O)=C(C3CC3)CS[C@H]12. The summed E-state index contributed by atoms with van der Waals surface area (Å²) in [7, 11) is 0. The van der Waals surface area contributed by atoms with Gasteiger partial charge in [0.15, 0.2) is 0 Å². The number of nitrogens with two attached hydrogens (primary N) is 1. The van der Waals surface area contributed by atoms with E-state index in [4.69, 9.17) is 5.73 Å². The van der Waals surface area contributed by atoms with Crippen LogP contribution in [-0.2, 0) is 9.59 Å². The van der Waals surface area contributed by atoms with Crippen molar-refractivity contribution in [1.29, 1.82) is 0 Å². The van der Waals surface area contributed by atoms with Gasteiger partial charge in [0.2, 0.25) is 5.91 Å². The largest absolute Gasteiger partial charge is 0.477 e. The number of hydrogen-bond acceptors (Lipinski definition) is 4. The fourth-order valence-electron chi connectivity index (χ4n) is 2.28. The van der Waals surface area contributed by atoms with E-state index in [0.717, 1.165) is 18.4 Å². The molecule has 0 unspecified atom stereocenters. The third-order valence-corrected chi connectivity index (χ3v) is 4.63. The number of rotatable bonds is 2. The molecule has 2 atom stereocenters. The molecule has 16 heavy (non-hydrogen) atoms. The third-order valence-electron chi connectivity index (χ3n) is 3.31. The number of carboxylic acid groups (broad SMARTS) is 1. The van der Waals surface area contributed by atoms with E-state index in [9.17, 15) is 14.7 Å². The molecule has 0 radical (unpaired) electrons. The average molecular weight is 240 g/mol. The second-order valence-corrected chi connectivity index (χ2v) is 5.49. The van der Waals surface area contributed by atoms with Crippen molar-refractivity contribution in [2.45, 2.75) is 24.3 Å². The van der Waals surface area contributed by atoms with Crippen LogP contribution >= 0.6 is 11.8 Å². The third kappa shape index (κ3) is 1.23. The highest BCUT2D eigenvalue weighted by atomic mass is 32.2. The van der Waals surface area contributed by atoms with Crippen LogP contribution in [0.15, 0.2) is 11.3 Å². The van der Waals surface area contributed by atoms with E-state index in [1.807, 2.05) is 0 Å². The van der Waals surface area contributed by atoms with Gasteiger partial charge in [-0.15, -0.1) is 11.8 Å². The molecule has 2 heterocycles. The predicted molar refractivity (Wildman–Crippen MR) is 58.5 cm³/mol. The molecule has 6 heteroatoms. The molecule has 3 N–H and O–H groups in total. The highest BCUT2D eigenvalue weighted by molar-refractivity contribution is 8.00. The molecular formula is C10H12N2O3S. The van der Waals surface area contributed by atoms with Gasteiger partial charge in [-0.25, -0.2) is 4.79 Å². The Labute approximate surface area is 96.7 Å². The van der Waals surface area contributed by atoms with Crippen LogP contribution in [0.4, 0.5) is 0 Å². The van der Waals surface area contributed by atoms with Crippen LogP contribution in [0, 0.1) is 5.92 Å². The Morgan fingerprint density at radius 1 is 1.50 bits per heavy atom. The maximum atomic E-state index is 11.6. The summed E-state index contributed by atoms with van der Waals surface area (Å²) < 4.78 is 0.